The number of carbonyl (C=O) groups excluding carboxylic acids is 1. The second-order valence-corrected chi connectivity index (χ2v) is 6.02. The van der Waals surface area contributed by atoms with Crippen molar-refractivity contribution in [1.29, 1.82) is 0 Å². The molecule has 100 valence electrons. The summed E-state index contributed by atoms with van der Waals surface area (Å²) in [7, 11) is 1.83. The van der Waals surface area contributed by atoms with Gasteiger partial charge in [-0.25, -0.2) is 4.79 Å². The van der Waals surface area contributed by atoms with Gasteiger partial charge in [0.15, 0.2) is 5.82 Å². The Labute approximate surface area is 112 Å². The number of nitrogens with one attached hydrogen (secondary N) is 2. The van der Waals surface area contributed by atoms with Crippen LogP contribution in [0.25, 0.3) is 0 Å². The Morgan fingerprint density at radius 2 is 2.44 bits per heavy atom. The molecule has 1 aliphatic carbocycles. The van der Waals surface area contributed by atoms with Gasteiger partial charge in [-0.05, 0) is 18.6 Å². The third-order valence-corrected chi connectivity index (χ3v) is 4.43. The van der Waals surface area contributed by atoms with Gasteiger partial charge in [0.25, 0.3) is 0 Å². The topological polar surface area (TPSA) is 59.0 Å². The summed E-state index contributed by atoms with van der Waals surface area (Å²) in [4.78, 5) is 11.8. The van der Waals surface area contributed by atoms with E-state index < -0.39 is 0 Å². The van der Waals surface area contributed by atoms with Gasteiger partial charge in [-0.3, -0.25) is 10.00 Å². The van der Waals surface area contributed by atoms with Crippen LogP contribution in [0, 0.1) is 0 Å². The highest BCUT2D eigenvalue weighted by molar-refractivity contribution is 7.99. The van der Waals surface area contributed by atoms with Crippen molar-refractivity contribution in [2.24, 2.45) is 7.05 Å². The number of aromatic nitrogens is 2. The lowest BCUT2D eigenvalue weighted by Gasteiger charge is -2.19. The number of aryl methyl sites for hydroxylation is 1. The van der Waals surface area contributed by atoms with Crippen LogP contribution in [0.15, 0.2) is 12.3 Å². The molecule has 0 spiro atoms. The molecule has 5 nitrogen and oxygen atoms in total. The van der Waals surface area contributed by atoms with Crippen molar-refractivity contribution < 1.29 is 4.79 Å². The maximum absolute atomic E-state index is 11.8. The second kappa shape index (κ2) is 6.13. The fraction of sp³-hybridized carbons (Fsp3) is 0.667. The van der Waals surface area contributed by atoms with E-state index in [0.717, 1.165) is 12.2 Å². The van der Waals surface area contributed by atoms with Crippen LogP contribution >= 0.6 is 11.8 Å². The summed E-state index contributed by atoms with van der Waals surface area (Å²) in [5, 5.41) is 10.5. The summed E-state index contributed by atoms with van der Waals surface area (Å²) in [5.74, 6) is 1.69. The van der Waals surface area contributed by atoms with Gasteiger partial charge >= 0.3 is 6.03 Å². The number of urea groups is 1. The molecule has 6 heteroatoms. The first-order valence-electron chi connectivity index (χ1n) is 6.38. The van der Waals surface area contributed by atoms with E-state index in [4.69, 9.17) is 0 Å². The number of hydrogen-bond acceptors (Lipinski definition) is 3. The average molecular weight is 268 g/mol. The smallest absolute Gasteiger partial charge is 0.320 e. The second-order valence-electron chi connectivity index (χ2n) is 4.50. The zero-order chi connectivity index (χ0) is 13.0. The van der Waals surface area contributed by atoms with Crippen molar-refractivity contribution in [3.63, 3.8) is 0 Å². The van der Waals surface area contributed by atoms with E-state index in [9.17, 15) is 4.79 Å². The summed E-state index contributed by atoms with van der Waals surface area (Å²) in [6.45, 7) is 2.16. The summed E-state index contributed by atoms with van der Waals surface area (Å²) < 4.78 is 1.67. The molecule has 0 radical (unpaired) electrons. The first-order chi connectivity index (χ1) is 8.69. The van der Waals surface area contributed by atoms with E-state index in [0.29, 0.717) is 17.1 Å². The fourth-order valence-corrected chi connectivity index (χ4v) is 3.51. The number of rotatable bonds is 4. The monoisotopic (exact) mass is 268 g/mol. The molecule has 2 unspecified atom stereocenters. The van der Waals surface area contributed by atoms with Crippen molar-refractivity contribution in [3.05, 3.63) is 12.3 Å². The van der Waals surface area contributed by atoms with Gasteiger partial charge in [-0.2, -0.15) is 16.9 Å². The van der Waals surface area contributed by atoms with E-state index in [1.807, 2.05) is 18.8 Å². The zero-order valence-corrected chi connectivity index (χ0v) is 11.7. The van der Waals surface area contributed by atoms with Gasteiger partial charge in [0.2, 0.25) is 0 Å². The number of thioether (sulfide) groups is 1. The van der Waals surface area contributed by atoms with Crippen LogP contribution in [-0.2, 0) is 7.05 Å². The summed E-state index contributed by atoms with van der Waals surface area (Å²) in [6.07, 6.45) is 5.29. The average Bonchev–Trinajstić information content (AvgIpc) is 2.90. The molecule has 18 heavy (non-hydrogen) atoms. The van der Waals surface area contributed by atoms with Crippen molar-refractivity contribution in [1.82, 2.24) is 15.1 Å². The lowest BCUT2D eigenvalue weighted by molar-refractivity contribution is 0.248. The molecular weight excluding hydrogens is 248 g/mol. The number of nitrogens with zero attached hydrogens (tertiary/aromatic N) is 2. The van der Waals surface area contributed by atoms with E-state index >= 15 is 0 Å². The van der Waals surface area contributed by atoms with Gasteiger partial charge in [0.1, 0.15) is 0 Å². The standard InChI is InChI=1S/C12H20N4OS/c1-3-18-10-6-4-5-9(10)13-12(17)14-11-7-8-16(2)15-11/h7-10H,3-6H2,1-2H3,(H2,13,14,15,17). The van der Waals surface area contributed by atoms with Crippen molar-refractivity contribution in [2.45, 2.75) is 37.5 Å². The van der Waals surface area contributed by atoms with Crippen LogP contribution in [0.2, 0.25) is 0 Å². The molecule has 1 aromatic heterocycles. The first-order valence-corrected chi connectivity index (χ1v) is 7.42. The van der Waals surface area contributed by atoms with Crippen molar-refractivity contribution in [2.75, 3.05) is 11.1 Å². The Hall–Kier alpha value is -1.17. The van der Waals surface area contributed by atoms with Crippen LogP contribution in [0.5, 0.6) is 0 Å². The molecule has 0 bridgehead atoms. The molecule has 0 aromatic carbocycles. The van der Waals surface area contributed by atoms with Crippen LogP contribution in [-0.4, -0.2) is 32.9 Å². The van der Waals surface area contributed by atoms with Gasteiger partial charge in [0.05, 0.1) is 0 Å². The Morgan fingerprint density at radius 1 is 1.61 bits per heavy atom. The Bertz CT molecular complexity index is 407. The van der Waals surface area contributed by atoms with Gasteiger partial charge in [0, 0.05) is 30.6 Å². The lowest BCUT2D eigenvalue weighted by atomic mass is 10.2. The third kappa shape index (κ3) is 3.41. The molecule has 1 fully saturated rings. The third-order valence-electron chi connectivity index (χ3n) is 3.11. The van der Waals surface area contributed by atoms with E-state index in [1.165, 1.54) is 12.8 Å². The van der Waals surface area contributed by atoms with Crippen LogP contribution < -0.4 is 10.6 Å². The van der Waals surface area contributed by atoms with E-state index in [2.05, 4.69) is 22.7 Å². The highest BCUT2D eigenvalue weighted by Crippen LogP contribution is 2.29. The highest BCUT2D eigenvalue weighted by Gasteiger charge is 2.28. The number of anilines is 1. The number of amides is 2. The largest absolute Gasteiger partial charge is 0.334 e. The number of carbonyl (C=O) groups is 1. The molecule has 0 saturated heterocycles. The molecular formula is C12H20N4OS. The zero-order valence-electron chi connectivity index (χ0n) is 10.8. The van der Waals surface area contributed by atoms with Crippen molar-refractivity contribution >= 4 is 23.6 Å². The van der Waals surface area contributed by atoms with Crippen LogP contribution in [0.4, 0.5) is 10.6 Å². The summed E-state index contributed by atoms with van der Waals surface area (Å²) in [5.41, 5.74) is 0. The first kappa shape index (κ1) is 13.3. The lowest BCUT2D eigenvalue weighted by Crippen LogP contribution is -2.41. The van der Waals surface area contributed by atoms with E-state index in [1.54, 1.807) is 16.9 Å². The Kier molecular flexibility index (Phi) is 4.52. The predicted octanol–water partition coefficient (Wildman–Crippen LogP) is 2.22. The molecule has 2 rings (SSSR count). The molecule has 2 atom stereocenters. The summed E-state index contributed by atoms with van der Waals surface area (Å²) >= 11 is 1.94. The quantitative estimate of drug-likeness (QED) is 0.880. The van der Waals surface area contributed by atoms with Crippen LogP contribution in [0.1, 0.15) is 26.2 Å². The minimum atomic E-state index is -0.151. The van der Waals surface area contributed by atoms with Crippen molar-refractivity contribution in [3.8, 4) is 0 Å². The molecule has 2 amide bonds. The fourth-order valence-electron chi connectivity index (χ4n) is 2.31. The molecule has 1 heterocycles. The van der Waals surface area contributed by atoms with Gasteiger partial charge < -0.3 is 5.32 Å². The molecule has 1 saturated carbocycles. The van der Waals surface area contributed by atoms with Gasteiger partial charge in [-0.15, -0.1) is 0 Å². The summed E-state index contributed by atoms with van der Waals surface area (Å²) in [6, 6.07) is 1.92. The SMILES string of the molecule is CCSC1CCCC1NC(=O)Nc1ccn(C)n1. The molecule has 0 aliphatic heterocycles. The predicted molar refractivity (Wildman–Crippen MR) is 74.9 cm³/mol. The molecule has 1 aromatic rings. The maximum Gasteiger partial charge on any atom is 0.320 e. The maximum atomic E-state index is 11.8. The van der Waals surface area contributed by atoms with E-state index in [-0.39, 0.29) is 6.03 Å². The number of hydrogen-bond donors (Lipinski definition) is 2. The molecule has 1 aliphatic rings. The Morgan fingerprint density at radius 3 is 3.11 bits per heavy atom. The van der Waals surface area contributed by atoms with Gasteiger partial charge in [-0.1, -0.05) is 13.3 Å². The minimum absolute atomic E-state index is 0.151. The Balaban J connectivity index is 1.83. The highest BCUT2D eigenvalue weighted by atomic mass is 32.2. The minimum Gasteiger partial charge on any atom is -0.334 e. The van der Waals surface area contributed by atoms with Crippen LogP contribution in [0.3, 0.4) is 0 Å². The normalized spacial score (nSPS) is 23.0. The molecule has 2 N–H and O–H groups in total.